The molecule has 0 spiro atoms. The van der Waals surface area contributed by atoms with E-state index in [0.717, 1.165) is 12.8 Å². The van der Waals surface area contributed by atoms with Crippen LogP contribution in [0.15, 0.2) is 35.7 Å². The number of nitrogens with zero attached hydrogens (tertiary/aromatic N) is 4. The number of hydrogen-bond donors (Lipinski definition) is 1. The molecule has 1 atom stereocenters. The summed E-state index contributed by atoms with van der Waals surface area (Å²) in [7, 11) is 0. The minimum Gasteiger partial charge on any atom is -0.325 e. The van der Waals surface area contributed by atoms with Crippen LogP contribution in [0.1, 0.15) is 25.8 Å². The third-order valence-electron chi connectivity index (χ3n) is 3.46. The minimum atomic E-state index is -0.494. The fourth-order valence-electron chi connectivity index (χ4n) is 2.07. The summed E-state index contributed by atoms with van der Waals surface area (Å²) in [5.74, 6) is -0.235. The summed E-state index contributed by atoms with van der Waals surface area (Å²) in [5, 5.41) is 21.7. The summed E-state index contributed by atoms with van der Waals surface area (Å²) in [4.78, 5) is 22.5. The van der Waals surface area contributed by atoms with E-state index in [0.29, 0.717) is 16.9 Å². The lowest BCUT2D eigenvalue weighted by atomic mass is 10.2. The summed E-state index contributed by atoms with van der Waals surface area (Å²) >= 11 is 1.33. The third-order valence-corrected chi connectivity index (χ3v) is 4.53. The van der Waals surface area contributed by atoms with Crippen molar-refractivity contribution in [1.29, 1.82) is 0 Å². The Morgan fingerprint density at radius 2 is 2.30 bits per heavy atom. The standard InChI is InChI=1S/C14H15N5O3S/c1-9(23-14-17-15-8-18(14)11-5-6-11)13(20)16-10-3-2-4-12(7-10)19(21)22/h2-4,7-9,11H,5-6H2,1H3,(H,16,20). The fraction of sp³-hybridized carbons (Fsp3) is 0.357. The number of hydrogen-bond acceptors (Lipinski definition) is 6. The van der Waals surface area contributed by atoms with E-state index >= 15 is 0 Å². The maximum atomic E-state index is 12.3. The Bertz CT molecular complexity index is 744. The van der Waals surface area contributed by atoms with E-state index < -0.39 is 10.2 Å². The molecule has 1 N–H and O–H groups in total. The van der Waals surface area contributed by atoms with Crippen LogP contribution >= 0.6 is 11.8 Å². The van der Waals surface area contributed by atoms with Gasteiger partial charge < -0.3 is 9.88 Å². The summed E-state index contributed by atoms with van der Waals surface area (Å²) in [6, 6.07) is 6.32. The van der Waals surface area contributed by atoms with Gasteiger partial charge in [0.15, 0.2) is 5.16 Å². The van der Waals surface area contributed by atoms with Gasteiger partial charge in [0.05, 0.1) is 10.2 Å². The molecule has 120 valence electrons. The number of carbonyl (C=O) groups is 1. The van der Waals surface area contributed by atoms with Gasteiger partial charge in [-0.15, -0.1) is 10.2 Å². The maximum absolute atomic E-state index is 12.3. The van der Waals surface area contributed by atoms with Crippen molar-refractivity contribution >= 4 is 29.0 Å². The Morgan fingerprint density at radius 3 is 3.00 bits per heavy atom. The number of amides is 1. The van der Waals surface area contributed by atoms with Crippen LogP contribution < -0.4 is 5.32 Å². The largest absolute Gasteiger partial charge is 0.325 e. The number of benzene rings is 1. The second-order valence-electron chi connectivity index (χ2n) is 5.31. The molecular formula is C14H15N5O3S. The highest BCUT2D eigenvalue weighted by molar-refractivity contribution is 8.00. The molecular weight excluding hydrogens is 318 g/mol. The van der Waals surface area contributed by atoms with Crippen molar-refractivity contribution in [3.8, 4) is 0 Å². The molecule has 0 bridgehead atoms. The van der Waals surface area contributed by atoms with Crippen LogP contribution in [0.4, 0.5) is 11.4 Å². The highest BCUT2D eigenvalue weighted by Gasteiger charge is 2.28. The van der Waals surface area contributed by atoms with E-state index in [2.05, 4.69) is 15.5 Å². The van der Waals surface area contributed by atoms with Gasteiger partial charge in [-0.1, -0.05) is 17.8 Å². The van der Waals surface area contributed by atoms with Gasteiger partial charge in [-0.05, 0) is 25.8 Å². The Balaban J connectivity index is 1.64. The summed E-state index contributed by atoms with van der Waals surface area (Å²) < 4.78 is 1.99. The van der Waals surface area contributed by atoms with Crippen molar-refractivity contribution in [3.05, 3.63) is 40.7 Å². The molecule has 8 nitrogen and oxygen atoms in total. The number of nitro groups is 1. The quantitative estimate of drug-likeness (QED) is 0.495. The maximum Gasteiger partial charge on any atom is 0.271 e. The molecule has 23 heavy (non-hydrogen) atoms. The van der Waals surface area contributed by atoms with Gasteiger partial charge in [-0.2, -0.15) is 0 Å². The first-order valence-electron chi connectivity index (χ1n) is 7.16. The molecule has 1 amide bonds. The van der Waals surface area contributed by atoms with Gasteiger partial charge >= 0.3 is 0 Å². The second kappa shape index (κ2) is 6.37. The zero-order valence-corrected chi connectivity index (χ0v) is 13.2. The van der Waals surface area contributed by atoms with Crippen LogP contribution in [0, 0.1) is 10.1 Å². The van der Waals surface area contributed by atoms with Gasteiger partial charge in [0.2, 0.25) is 5.91 Å². The minimum absolute atomic E-state index is 0.0587. The molecule has 1 heterocycles. The number of carbonyl (C=O) groups excluding carboxylic acids is 1. The summed E-state index contributed by atoms with van der Waals surface area (Å²) in [6.07, 6.45) is 3.91. The first-order chi connectivity index (χ1) is 11.0. The highest BCUT2D eigenvalue weighted by atomic mass is 32.2. The lowest BCUT2D eigenvalue weighted by Gasteiger charge is -2.12. The van der Waals surface area contributed by atoms with Crippen LogP contribution in [-0.4, -0.2) is 30.8 Å². The Kier molecular flexibility index (Phi) is 4.28. The average molecular weight is 333 g/mol. The van der Waals surface area contributed by atoms with E-state index in [-0.39, 0.29) is 11.6 Å². The van der Waals surface area contributed by atoms with Crippen molar-refractivity contribution in [3.63, 3.8) is 0 Å². The Hall–Kier alpha value is -2.42. The predicted molar refractivity (Wildman–Crippen MR) is 85.3 cm³/mol. The lowest BCUT2D eigenvalue weighted by molar-refractivity contribution is -0.384. The molecule has 3 rings (SSSR count). The predicted octanol–water partition coefficient (Wildman–Crippen LogP) is 2.64. The third kappa shape index (κ3) is 3.67. The molecule has 0 saturated heterocycles. The topological polar surface area (TPSA) is 103 Å². The van der Waals surface area contributed by atoms with Crippen LogP contribution in [0.3, 0.4) is 0 Å². The summed E-state index contributed by atoms with van der Waals surface area (Å²) in [5.41, 5.74) is 0.344. The number of non-ortho nitro benzene ring substituents is 1. The zero-order valence-electron chi connectivity index (χ0n) is 12.4. The van der Waals surface area contributed by atoms with E-state index in [1.165, 1.54) is 30.0 Å². The van der Waals surface area contributed by atoms with Crippen molar-refractivity contribution in [2.45, 2.75) is 36.2 Å². The van der Waals surface area contributed by atoms with Crippen LogP contribution in [0.25, 0.3) is 0 Å². The molecule has 0 radical (unpaired) electrons. The molecule has 1 unspecified atom stereocenters. The number of rotatable bonds is 6. The Labute approximate surface area is 136 Å². The molecule has 1 aliphatic carbocycles. The highest BCUT2D eigenvalue weighted by Crippen LogP contribution is 2.38. The van der Waals surface area contributed by atoms with Gasteiger partial charge in [0, 0.05) is 23.9 Å². The molecule has 2 aromatic rings. The van der Waals surface area contributed by atoms with Gasteiger partial charge in [-0.3, -0.25) is 14.9 Å². The molecule has 9 heteroatoms. The molecule has 1 saturated carbocycles. The second-order valence-corrected chi connectivity index (χ2v) is 6.62. The van der Waals surface area contributed by atoms with Crippen LogP contribution in [0.2, 0.25) is 0 Å². The van der Waals surface area contributed by atoms with Crippen molar-refractivity contribution in [2.24, 2.45) is 0 Å². The van der Waals surface area contributed by atoms with E-state index in [1.807, 2.05) is 4.57 Å². The molecule has 1 aliphatic rings. The normalized spacial score (nSPS) is 15.2. The Morgan fingerprint density at radius 1 is 1.52 bits per heavy atom. The van der Waals surface area contributed by atoms with Gasteiger partial charge in [-0.25, -0.2) is 0 Å². The van der Waals surface area contributed by atoms with Crippen molar-refractivity contribution in [2.75, 3.05) is 5.32 Å². The summed E-state index contributed by atoms with van der Waals surface area (Å²) in [6.45, 7) is 1.77. The first kappa shape index (κ1) is 15.5. The van der Waals surface area contributed by atoms with Gasteiger partial charge in [0.1, 0.15) is 6.33 Å². The van der Waals surface area contributed by atoms with Crippen molar-refractivity contribution in [1.82, 2.24) is 14.8 Å². The fourth-order valence-corrected chi connectivity index (χ4v) is 2.97. The first-order valence-corrected chi connectivity index (χ1v) is 8.04. The smallest absolute Gasteiger partial charge is 0.271 e. The number of nitro benzene ring substituents is 1. The molecule has 1 aromatic carbocycles. The molecule has 0 aliphatic heterocycles. The average Bonchev–Trinajstić information content (AvgIpc) is 3.27. The number of aromatic nitrogens is 3. The van der Waals surface area contributed by atoms with E-state index in [1.54, 1.807) is 19.3 Å². The number of anilines is 1. The number of nitrogens with one attached hydrogen (secondary N) is 1. The SMILES string of the molecule is CC(Sc1nncn1C1CC1)C(=O)Nc1cccc([N+](=O)[O-])c1. The lowest BCUT2D eigenvalue weighted by Crippen LogP contribution is -2.22. The van der Waals surface area contributed by atoms with E-state index in [4.69, 9.17) is 0 Å². The van der Waals surface area contributed by atoms with E-state index in [9.17, 15) is 14.9 Å². The monoisotopic (exact) mass is 333 g/mol. The van der Waals surface area contributed by atoms with Gasteiger partial charge in [0.25, 0.3) is 5.69 Å². The van der Waals surface area contributed by atoms with Crippen molar-refractivity contribution < 1.29 is 9.72 Å². The molecule has 1 fully saturated rings. The number of thioether (sulfide) groups is 1. The van der Waals surface area contributed by atoms with Crippen LogP contribution in [0.5, 0.6) is 0 Å². The molecule has 1 aromatic heterocycles. The van der Waals surface area contributed by atoms with Crippen LogP contribution in [-0.2, 0) is 4.79 Å². The zero-order chi connectivity index (χ0) is 16.4.